The second-order valence-electron chi connectivity index (χ2n) is 9.42. The number of para-hydroxylation sites is 1. The minimum atomic E-state index is -0.292. The highest BCUT2D eigenvalue weighted by molar-refractivity contribution is 7.97. The molecule has 0 saturated heterocycles. The predicted octanol–water partition coefficient (Wildman–Crippen LogP) is 7.03. The molecule has 3 saturated carbocycles. The summed E-state index contributed by atoms with van der Waals surface area (Å²) in [5.41, 5.74) is 1.55. The Kier molecular flexibility index (Phi) is 4.64. The lowest BCUT2D eigenvalue weighted by molar-refractivity contribution is 0.232. The van der Waals surface area contributed by atoms with Crippen molar-refractivity contribution in [3.63, 3.8) is 0 Å². The molecule has 0 spiro atoms. The van der Waals surface area contributed by atoms with Gasteiger partial charge in [-0.15, -0.1) is 0 Å². The number of benzene rings is 3. The molecule has 152 valence electrons. The molecule has 1 N–H and O–H groups in total. The molecule has 3 aliphatic carbocycles. The zero-order valence-electron chi connectivity index (χ0n) is 17.3. The molecule has 0 radical (unpaired) electrons. The van der Waals surface area contributed by atoms with Crippen LogP contribution in [0.15, 0.2) is 93.5 Å². The molecule has 3 fully saturated rings. The largest absolute Gasteiger partial charge is 0.503 e. The third kappa shape index (κ3) is 3.00. The van der Waals surface area contributed by atoms with Gasteiger partial charge in [0.15, 0.2) is 15.5 Å². The van der Waals surface area contributed by atoms with Crippen molar-refractivity contribution in [1.29, 1.82) is 0 Å². The summed E-state index contributed by atoms with van der Waals surface area (Å²) in [6.45, 7) is 0. The number of hydrogen-bond donors (Lipinski definition) is 1. The van der Waals surface area contributed by atoms with Gasteiger partial charge in [-0.2, -0.15) is 0 Å². The van der Waals surface area contributed by atoms with Crippen molar-refractivity contribution >= 4 is 10.9 Å². The van der Waals surface area contributed by atoms with Gasteiger partial charge in [0.2, 0.25) is 4.90 Å². The van der Waals surface area contributed by atoms with Gasteiger partial charge >= 0.3 is 0 Å². The minimum absolute atomic E-state index is 0.292. The summed E-state index contributed by atoms with van der Waals surface area (Å²) in [5.74, 6) is 5.14. The van der Waals surface area contributed by atoms with Crippen molar-refractivity contribution in [2.75, 3.05) is 0 Å². The molecule has 0 amide bonds. The van der Waals surface area contributed by atoms with Crippen molar-refractivity contribution in [3.05, 3.63) is 84.4 Å². The van der Waals surface area contributed by atoms with Gasteiger partial charge in [-0.3, -0.25) is 0 Å². The maximum atomic E-state index is 10.6. The van der Waals surface area contributed by atoms with Crippen LogP contribution in [0.25, 0.3) is 0 Å². The summed E-state index contributed by atoms with van der Waals surface area (Å²) in [6, 6.07) is 27.9. The van der Waals surface area contributed by atoms with Crippen LogP contribution in [-0.2, 0) is 10.9 Å². The maximum Gasteiger partial charge on any atom is 0.208 e. The van der Waals surface area contributed by atoms with Gasteiger partial charge in [0.1, 0.15) is 10.9 Å². The van der Waals surface area contributed by atoms with E-state index in [0.29, 0.717) is 5.75 Å². The highest BCUT2D eigenvalue weighted by Gasteiger charge is 2.53. The van der Waals surface area contributed by atoms with Crippen LogP contribution in [-0.4, -0.2) is 5.11 Å². The van der Waals surface area contributed by atoms with Gasteiger partial charge in [-0.25, -0.2) is 0 Å². The minimum Gasteiger partial charge on any atom is -0.503 e. The number of phenolic OH excluding ortho intramolecular Hbond substituents is 1. The third-order valence-corrected chi connectivity index (χ3v) is 10.3. The van der Waals surface area contributed by atoms with Crippen LogP contribution in [0.4, 0.5) is 0 Å². The molecule has 2 bridgehead atoms. The maximum absolute atomic E-state index is 10.6. The van der Waals surface area contributed by atoms with E-state index in [0.717, 1.165) is 34.5 Å². The Balaban J connectivity index is 1.33. The van der Waals surface area contributed by atoms with Gasteiger partial charge in [-0.1, -0.05) is 48.9 Å². The number of aromatic hydroxyl groups is 1. The van der Waals surface area contributed by atoms with E-state index >= 15 is 0 Å². The van der Waals surface area contributed by atoms with E-state index in [1.165, 1.54) is 41.9 Å². The van der Waals surface area contributed by atoms with Crippen LogP contribution in [0.5, 0.6) is 5.75 Å². The Bertz CT molecular complexity index is 1030. The first-order valence-electron chi connectivity index (χ1n) is 11.5. The molecule has 1 nitrogen and oxygen atoms in total. The normalized spacial score (nSPS) is 30.3. The van der Waals surface area contributed by atoms with E-state index in [1.807, 2.05) is 12.1 Å². The fraction of sp³-hybridized carbons (Fsp3) is 0.357. The Labute approximate surface area is 182 Å². The monoisotopic (exact) mass is 413 g/mol. The molecule has 3 aromatic carbocycles. The molecule has 6 rings (SSSR count). The van der Waals surface area contributed by atoms with Gasteiger partial charge in [0.05, 0.1) is 0 Å². The molecule has 0 heterocycles. The lowest BCUT2D eigenvalue weighted by Crippen LogP contribution is -2.23. The van der Waals surface area contributed by atoms with Crippen LogP contribution in [0.2, 0.25) is 0 Å². The average molecular weight is 414 g/mol. The zero-order valence-corrected chi connectivity index (χ0v) is 18.1. The van der Waals surface area contributed by atoms with E-state index in [1.54, 1.807) is 11.6 Å². The second-order valence-corrected chi connectivity index (χ2v) is 11.4. The zero-order chi connectivity index (χ0) is 20.1. The predicted molar refractivity (Wildman–Crippen MR) is 123 cm³/mol. The molecule has 3 aliphatic rings. The van der Waals surface area contributed by atoms with Crippen LogP contribution in [0.1, 0.15) is 43.6 Å². The van der Waals surface area contributed by atoms with Gasteiger partial charge in [-0.05, 0) is 97.2 Å². The first-order valence-corrected chi connectivity index (χ1v) is 12.7. The average Bonchev–Trinajstić information content (AvgIpc) is 3.51. The number of rotatable bonds is 4. The quantitative estimate of drug-likeness (QED) is 0.455. The highest BCUT2D eigenvalue weighted by atomic mass is 32.2. The standard InChI is InChI=1S/C28H28OS/c29-27-11-4-5-12-28(27)30(21-7-2-1-3-8-21)22-15-13-19(14-16-22)25-17-20-18-26(25)24-10-6-9-23(20)24/h1-5,7-8,11-16,20,23-26H,6,9-10,17-18H2/p+1. The van der Waals surface area contributed by atoms with E-state index in [-0.39, 0.29) is 10.9 Å². The van der Waals surface area contributed by atoms with E-state index < -0.39 is 0 Å². The Morgan fingerprint density at radius 2 is 1.37 bits per heavy atom. The molecular weight excluding hydrogens is 384 g/mol. The highest BCUT2D eigenvalue weighted by Crippen LogP contribution is 2.63. The summed E-state index contributed by atoms with van der Waals surface area (Å²) in [7, 11) is -0.292. The molecule has 30 heavy (non-hydrogen) atoms. The van der Waals surface area contributed by atoms with Crippen LogP contribution in [0.3, 0.4) is 0 Å². The number of fused-ring (bicyclic) bond motifs is 5. The Morgan fingerprint density at radius 1 is 0.667 bits per heavy atom. The topological polar surface area (TPSA) is 20.2 Å². The van der Waals surface area contributed by atoms with Crippen LogP contribution in [0, 0.1) is 23.7 Å². The van der Waals surface area contributed by atoms with Crippen molar-refractivity contribution in [3.8, 4) is 5.75 Å². The number of hydrogen-bond acceptors (Lipinski definition) is 1. The molecular formula is C28H29OS+. The van der Waals surface area contributed by atoms with E-state index in [4.69, 9.17) is 0 Å². The van der Waals surface area contributed by atoms with Crippen molar-refractivity contribution in [2.24, 2.45) is 23.7 Å². The lowest BCUT2D eigenvalue weighted by atomic mass is 9.73. The van der Waals surface area contributed by atoms with Gasteiger partial charge < -0.3 is 5.11 Å². The molecule has 2 heteroatoms. The van der Waals surface area contributed by atoms with Crippen molar-refractivity contribution in [1.82, 2.24) is 0 Å². The molecule has 6 atom stereocenters. The Morgan fingerprint density at radius 3 is 2.17 bits per heavy atom. The molecule has 6 unspecified atom stereocenters. The molecule has 3 aromatic rings. The van der Waals surface area contributed by atoms with Crippen LogP contribution < -0.4 is 0 Å². The molecule has 0 aliphatic heterocycles. The summed E-state index contributed by atoms with van der Waals surface area (Å²) in [6.07, 6.45) is 7.33. The van der Waals surface area contributed by atoms with E-state index in [9.17, 15) is 5.11 Å². The summed E-state index contributed by atoms with van der Waals surface area (Å²) in [5, 5.41) is 10.6. The Hall–Kier alpha value is -2.19. The fourth-order valence-corrected chi connectivity index (χ4v) is 8.99. The summed E-state index contributed by atoms with van der Waals surface area (Å²) in [4.78, 5) is 3.54. The van der Waals surface area contributed by atoms with Crippen molar-refractivity contribution < 1.29 is 5.11 Å². The van der Waals surface area contributed by atoms with Gasteiger partial charge in [0.25, 0.3) is 0 Å². The summed E-state index contributed by atoms with van der Waals surface area (Å²) >= 11 is 0. The third-order valence-electron chi connectivity index (χ3n) is 8.04. The van der Waals surface area contributed by atoms with Crippen molar-refractivity contribution in [2.45, 2.75) is 52.7 Å². The molecule has 0 aromatic heterocycles. The lowest BCUT2D eigenvalue weighted by Gasteiger charge is -2.31. The van der Waals surface area contributed by atoms with Gasteiger partial charge in [0, 0.05) is 0 Å². The van der Waals surface area contributed by atoms with Crippen LogP contribution >= 0.6 is 0 Å². The number of phenols is 1. The summed E-state index contributed by atoms with van der Waals surface area (Å²) < 4.78 is 0. The fourth-order valence-electron chi connectivity index (χ4n) is 6.88. The smallest absolute Gasteiger partial charge is 0.208 e. The van der Waals surface area contributed by atoms with E-state index in [2.05, 4.69) is 60.7 Å². The SMILES string of the molecule is Oc1ccccc1[S+](c1ccccc1)c1ccc(C2CC3CC2C2CCCC32)cc1. The first-order chi connectivity index (χ1) is 14.8. The second kappa shape index (κ2) is 7.50. The first kappa shape index (κ1) is 18.6.